The molecule has 0 aromatic heterocycles. The van der Waals surface area contributed by atoms with E-state index in [9.17, 15) is 4.79 Å². The number of unbranched alkanes of at least 4 members (excludes halogenated alkanes) is 1. The third-order valence-electron chi connectivity index (χ3n) is 2.86. The van der Waals surface area contributed by atoms with Crippen molar-refractivity contribution in [2.24, 2.45) is 0 Å². The molecule has 1 fully saturated rings. The summed E-state index contributed by atoms with van der Waals surface area (Å²) >= 11 is 0. The lowest BCUT2D eigenvalue weighted by Gasteiger charge is -2.17. The Bertz CT molecular complexity index is 207. The fourth-order valence-electron chi connectivity index (χ4n) is 1.71. The summed E-state index contributed by atoms with van der Waals surface area (Å²) < 4.78 is 5.17. The third kappa shape index (κ3) is 3.80. The quantitative estimate of drug-likeness (QED) is 0.538. The van der Waals surface area contributed by atoms with Gasteiger partial charge >= 0.3 is 5.97 Å². The molecule has 88 valence electrons. The summed E-state index contributed by atoms with van der Waals surface area (Å²) in [5, 5.41) is 3.20. The topological polar surface area (TPSA) is 41.6 Å². The fraction of sp³-hybridized carbons (Fsp3) is 0.909. The number of esters is 1. The maximum Gasteiger partial charge on any atom is 0.323 e. The molecule has 0 bridgehead atoms. The van der Waals surface area contributed by atoms with Crippen molar-refractivity contribution in [2.45, 2.75) is 38.3 Å². The van der Waals surface area contributed by atoms with E-state index in [1.54, 1.807) is 0 Å². The zero-order chi connectivity index (χ0) is 11.3. The summed E-state index contributed by atoms with van der Waals surface area (Å²) in [5.41, 5.74) is 0. The molecule has 0 saturated carbocycles. The van der Waals surface area contributed by atoms with E-state index in [1.807, 2.05) is 14.1 Å². The first-order valence-electron chi connectivity index (χ1n) is 5.71. The van der Waals surface area contributed by atoms with Gasteiger partial charge in [-0.3, -0.25) is 4.79 Å². The van der Waals surface area contributed by atoms with Gasteiger partial charge in [-0.2, -0.15) is 0 Å². The van der Waals surface area contributed by atoms with Crippen molar-refractivity contribution in [1.29, 1.82) is 0 Å². The van der Waals surface area contributed by atoms with Crippen LogP contribution in [-0.4, -0.2) is 50.2 Å². The third-order valence-corrected chi connectivity index (χ3v) is 2.86. The largest absolute Gasteiger partial charge is 0.465 e. The van der Waals surface area contributed by atoms with Crippen LogP contribution in [0, 0.1) is 0 Å². The molecule has 1 rings (SSSR count). The summed E-state index contributed by atoms with van der Waals surface area (Å²) in [4.78, 5) is 13.7. The Balaban J connectivity index is 2.24. The van der Waals surface area contributed by atoms with Crippen LogP contribution in [0.5, 0.6) is 0 Å². The zero-order valence-corrected chi connectivity index (χ0v) is 9.95. The lowest BCUT2D eigenvalue weighted by molar-refractivity contribution is -0.145. The van der Waals surface area contributed by atoms with E-state index < -0.39 is 0 Å². The smallest absolute Gasteiger partial charge is 0.323 e. The molecule has 1 aliphatic rings. The SMILES string of the molecule is CCCCOC(=O)[C@@H]1C[C@H](N(C)C)CN1. The molecule has 0 amide bonds. The average Bonchev–Trinajstić information content (AvgIpc) is 2.66. The molecule has 4 nitrogen and oxygen atoms in total. The van der Waals surface area contributed by atoms with Crippen LogP contribution in [0.1, 0.15) is 26.2 Å². The molecule has 1 saturated heterocycles. The van der Waals surface area contributed by atoms with Crippen LogP contribution in [-0.2, 0) is 9.53 Å². The van der Waals surface area contributed by atoms with Crippen LogP contribution >= 0.6 is 0 Å². The van der Waals surface area contributed by atoms with E-state index in [2.05, 4.69) is 17.1 Å². The van der Waals surface area contributed by atoms with Crippen LogP contribution in [0.4, 0.5) is 0 Å². The Hall–Kier alpha value is -0.610. The number of carbonyl (C=O) groups excluding carboxylic acids is 1. The minimum absolute atomic E-state index is 0.0900. The maximum absolute atomic E-state index is 11.6. The second-order valence-electron chi connectivity index (χ2n) is 4.34. The predicted molar refractivity (Wildman–Crippen MR) is 59.7 cm³/mol. The molecule has 1 heterocycles. The van der Waals surface area contributed by atoms with Gasteiger partial charge in [0.05, 0.1) is 6.61 Å². The summed E-state index contributed by atoms with van der Waals surface area (Å²) in [6.07, 6.45) is 2.87. The molecular formula is C11H22N2O2. The molecule has 0 aromatic carbocycles. The molecule has 2 atom stereocenters. The van der Waals surface area contributed by atoms with E-state index in [0.717, 1.165) is 25.8 Å². The normalized spacial score (nSPS) is 25.9. The first-order valence-corrected chi connectivity index (χ1v) is 5.71. The Morgan fingerprint density at radius 2 is 2.27 bits per heavy atom. The number of carbonyl (C=O) groups is 1. The van der Waals surface area contributed by atoms with E-state index in [-0.39, 0.29) is 12.0 Å². The molecule has 0 aromatic rings. The van der Waals surface area contributed by atoms with Crippen LogP contribution in [0.15, 0.2) is 0 Å². The molecule has 15 heavy (non-hydrogen) atoms. The minimum atomic E-state index is -0.103. The molecule has 0 spiro atoms. The zero-order valence-electron chi connectivity index (χ0n) is 9.95. The molecular weight excluding hydrogens is 192 g/mol. The number of likely N-dealkylation sites (N-methyl/N-ethyl adjacent to an activating group) is 1. The van der Waals surface area contributed by atoms with Gasteiger partial charge in [-0.05, 0) is 26.9 Å². The van der Waals surface area contributed by atoms with Gasteiger partial charge in [-0.25, -0.2) is 0 Å². The van der Waals surface area contributed by atoms with Crippen LogP contribution in [0.3, 0.4) is 0 Å². The molecule has 0 unspecified atom stereocenters. The Morgan fingerprint density at radius 3 is 2.80 bits per heavy atom. The lowest BCUT2D eigenvalue weighted by atomic mass is 10.1. The number of ether oxygens (including phenoxy) is 1. The maximum atomic E-state index is 11.6. The standard InChI is InChI=1S/C11H22N2O2/c1-4-5-6-15-11(14)10-7-9(8-12-10)13(2)3/h9-10,12H,4-8H2,1-3H3/t9-,10-/m0/s1. The highest BCUT2D eigenvalue weighted by Gasteiger charge is 2.31. The number of nitrogens with one attached hydrogen (secondary N) is 1. The van der Waals surface area contributed by atoms with E-state index in [0.29, 0.717) is 12.6 Å². The Morgan fingerprint density at radius 1 is 1.53 bits per heavy atom. The van der Waals surface area contributed by atoms with Crippen LogP contribution in [0.25, 0.3) is 0 Å². The predicted octanol–water partition coefficient (Wildman–Crippen LogP) is 0.622. The van der Waals surface area contributed by atoms with Crippen molar-refractivity contribution in [1.82, 2.24) is 10.2 Å². The van der Waals surface area contributed by atoms with Gasteiger partial charge in [0.25, 0.3) is 0 Å². The Kier molecular flexibility index (Phi) is 5.05. The van der Waals surface area contributed by atoms with Gasteiger partial charge in [0.15, 0.2) is 0 Å². The summed E-state index contributed by atoms with van der Waals surface area (Å²) in [5.74, 6) is -0.0900. The molecule has 1 aliphatic heterocycles. The van der Waals surface area contributed by atoms with Crippen molar-refractivity contribution < 1.29 is 9.53 Å². The molecule has 1 N–H and O–H groups in total. The highest BCUT2D eigenvalue weighted by atomic mass is 16.5. The van der Waals surface area contributed by atoms with Crippen LogP contribution < -0.4 is 5.32 Å². The van der Waals surface area contributed by atoms with E-state index in [1.165, 1.54) is 0 Å². The molecule has 0 aliphatic carbocycles. The molecule has 4 heteroatoms. The summed E-state index contributed by atoms with van der Waals surface area (Å²) in [7, 11) is 4.08. The van der Waals surface area contributed by atoms with Crippen molar-refractivity contribution in [2.75, 3.05) is 27.2 Å². The van der Waals surface area contributed by atoms with Gasteiger partial charge in [0.2, 0.25) is 0 Å². The molecule has 0 radical (unpaired) electrons. The first-order chi connectivity index (χ1) is 7.15. The van der Waals surface area contributed by atoms with Gasteiger partial charge in [-0.15, -0.1) is 0 Å². The first kappa shape index (κ1) is 12.5. The number of nitrogens with zero attached hydrogens (tertiary/aromatic N) is 1. The highest BCUT2D eigenvalue weighted by molar-refractivity contribution is 5.76. The number of hydrogen-bond donors (Lipinski definition) is 1. The average molecular weight is 214 g/mol. The fourth-order valence-corrected chi connectivity index (χ4v) is 1.71. The monoisotopic (exact) mass is 214 g/mol. The van der Waals surface area contributed by atoms with Crippen molar-refractivity contribution in [3.8, 4) is 0 Å². The number of rotatable bonds is 5. The summed E-state index contributed by atoms with van der Waals surface area (Å²) in [6.45, 7) is 3.52. The second-order valence-corrected chi connectivity index (χ2v) is 4.34. The van der Waals surface area contributed by atoms with Gasteiger partial charge in [-0.1, -0.05) is 13.3 Å². The van der Waals surface area contributed by atoms with E-state index >= 15 is 0 Å². The lowest BCUT2D eigenvalue weighted by Crippen LogP contribution is -2.32. The highest BCUT2D eigenvalue weighted by Crippen LogP contribution is 2.12. The summed E-state index contributed by atoms with van der Waals surface area (Å²) in [6, 6.07) is 0.350. The van der Waals surface area contributed by atoms with Crippen LogP contribution in [0.2, 0.25) is 0 Å². The van der Waals surface area contributed by atoms with Crippen molar-refractivity contribution in [3.63, 3.8) is 0 Å². The van der Waals surface area contributed by atoms with Crippen molar-refractivity contribution >= 4 is 5.97 Å². The number of hydrogen-bond acceptors (Lipinski definition) is 4. The van der Waals surface area contributed by atoms with E-state index in [4.69, 9.17) is 4.74 Å². The second kappa shape index (κ2) is 6.08. The minimum Gasteiger partial charge on any atom is -0.465 e. The van der Waals surface area contributed by atoms with Gasteiger partial charge in [0.1, 0.15) is 6.04 Å². The van der Waals surface area contributed by atoms with Gasteiger partial charge < -0.3 is 15.0 Å². The van der Waals surface area contributed by atoms with Crippen molar-refractivity contribution in [3.05, 3.63) is 0 Å². The van der Waals surface area contributed by atoms with Gasteiger partial charge in [0, 0.05) is 12.6 Å². The Labute approximate surface area is 92.0 Å².